The maximum Gasteiger partial charge on any atom is 0.340 e. The average Bonchev–Trinajstić information content (AvgIpc) is 2.48. The third-order valence-corrected chi connectivity index (χ3v) is 4.33. The van der Waals surface area contributed by atoms with Crippen LogP contribution in [0.5, 0.6) is 0 Å². The summed E-state index contributed by atoms with van der Waals surface area (Å²) in [6.07, 6.45) is 0. The van der Waals surface area contributed by atoms with Crippen molar-refractivity contribution in [2.75, 3.05) is 12.3 Å². The second-order valence-electron chi connectivity index (χ2n) is 4.40. The van der Waals surface area contributed by atoms with Gasteiger partial charge in [-0.05, 0) is 30.7 Å². The molecule has 0 aliphatic heterocycles. The normalized spacial score (nSPS) is 11.9. The van der Waals surface area contributed by atoms with E-state index in [-0.39, 0.29) is 12.4 Å². The molecule has 0 radical (unpaired) electrons. The Bertz CT molecular complexity index is 656. The Kier molecular flexibility index (Phi) is 5.11. The molecule has 1 atom stereocenters. The molecule has 0 spiro atoms. The van der Waals surface area contributed by atoms with Gasteiger partial charge in [-0.25, -0.2) is 4.79 Å². The fourth-order valence-corrected chi connectivity index (χ4v) is 3.14. The predicted molar refractivity (Wildman–Crippen MR) is 83.4 cm³/mol. The van der Waals surface area contributed by atoms with Gasteiger partial charge in [-0.15, -0.1) is 0 Å². The summed E-state index contributed by atoms with van der Waals surface area (Å²) < 4.78 is 17.4. The number of rotatable bonds is 5. The number of carbonyl (C=O) groups excluding carboxylic acids is 1. The minimum absolute atomic E-state index is 0.225. The van der Waals surface area contributed by atoms with Crippen LogP contribution >= 0.6 is 0 Å². The van der Waals surface area contributed by atoms with Gasteiger partial charge in [0.2, 0.25) is 0 Å². The van der Waals surface area contributed by atoms with E-state index in [0.29, 0.717) is 16.8 Å². The lowest BCUT2D eigenvalue weighted by molar-refractivity contribution is 0.0526. The number of benzene rings is 2. The molecule has 4 nitrogen and oxygen atoms in total. The predicted octanol–water partition coefficient (Wildman–Crippen LogP) is 2.75. The first-order valence-corrected chi connectivity index (χ1v) is 7.93. The fourth-order valence-electron chi connectivity index (χ4n) is 1.99. The van der Waals surface area contributed by atoms with E-state index in [1.165, 1.54) is 0 Å². The van der Waals surface area contributed by atoms with E-state index in [2.05, 4.69) is 0 Å². The summed E-state index contributed by atoms with van der Waals surface area (Å²) in [5, 5.41) is 0. The van der Waals surface area contributed by atoms with Crippen LogP contribution in [0.15, 0.2) is 53.4 Å². The van der Waals surface area contributed by atoms with Crippen molar-refractivity contribution in [3.63, 3.8) is 0 Å². The summed E-state index contributed by atoms with van der Waals surface area (Å²) in [6, 6.07) is 14.3. The van der Waals surface area contributed by atoms with Gasteiger partial charge in [0.05, 0.1) is 28.7 Å². The SMILES string of the molecule is CCOC(=O)c1c(N)cccc1CS(=O)c1ccccc1. The molecule has 2 rings (SSSR count). The third kappa shape index (κ3) is 3.70. The third-order valence-electron chi connectivity index (χ3n) is 2.96. The first-order chi connectivity index (χ1) is 10.1. The lowest BCUT2D eigenvalue weighted by Gasteiger charge is -2.11. The highest BCUT2D eigenvalue weighted by molar-refractivity contribution is 7.84. The molecule has 5 heteroatoms. The fraction of sp³-hybridized carbons (Fsp3) is 0.188. The van der Waals surface area contributed by atoms with Gasteiger partial charge in [0, 0.05) is 10.6 Å². The van der Waals surface area contributed by atoms with Gasteiger partial charge in [-0.2, -0.15) is 0 Å². The highest BCUT2D eigenvalue weighted by Crippen LogP contribution is 2.21. The van der Waals surface area contributed by atoms with Crippen LogP contribution in [0.3, 0.4) is 0 Å². The number of hydrogen-bond acceptors (Lipinski definition) is 4. The molecule has 0 aromatic heterocycles. The van der Waals surface area contributed by atoms with Crippen molar-refractivity contribution >= 4 is 22.5 Å². The van der Waals surface area contributed by atoms with Gasteiger partial charge < -0.3 is 10.5 Å². The van der Waals surface area contributed by atoms with Crippen LogP contribution in [0.4, 0.5) is 5.69 Å². The number of anilines is 1. The molecule has 1 unspecified atom stereocenters. The van der Waals surface area contributed by atoms with Gasteiger partial charge in [-0.3, -0.25) is 4.21 Å². The summed E-state index contributed by atoms with van der Waals surface area (Å²) in [6.45, 7) is 2.01. The second kappa shape index (κ2) is 7.04. The first-order valence-electron chi connectivity index (χ1n) is 6.61. The Morgan fingerprint density at radius 1 is 1.14 bits per heavy atom. The van der Waals surface area contributed by atoms with Crippen LogP contribution in [-0.2, 0) is 21.3 Å². The molecular formula is C16H17NO3S. The molecule has 0 bridgehead atoms. The monoisotopic (exact) mass is 303 g/mol. The van der Waals surface area contributed by atoms with Crippen LogP contribution < -0.4 is 5.73 Å². The van der Waals surface area contributed by atoms with E-state index in [1.54, 1.807) is 37.3 Å². The van der Waals surface area contributed by atoms with Crippen molar-refractivity contribution < 1.29 is 13.7 Å². The zero-order valence-electron chi connectivity index (χ0n) is 11.7. The maximum absolute atomic E-state index is 12.4. The zero-order chi connectivity index (χ0) is 15.2. The van der Waals surface area contributed by atoms with Crippen molar-refractivity contribution in [1.29, 1.82) is 0 Å². The number of hydrogen-bond donors (Lipinski definition) is 1. The van der Waals surface area contributed by atoms with E-state index in [4.69, 9.17) is 10.5 Å². The molecule has 2 aromatic carbocycles. The largest absolute Gasteiger partial charge is 0.462 e. The molecular weight excluding hydrogens is 286 g/mol. The average molecular weight is 303 g/mol. The van der Waals surface area contributed by atoms with Crippen LogP contribution in [0.1, 0.15) is 22.8 Å². The number of nitrogens with two attached hydrogens (primary N) is 1. The number of nitrogen functional groups attached to an aromatic ring is 1. The molecule has 0 fully saturated rings. The summed E-state index contributed by atoms with van der Waals surface area (Å²) >= 11 is 0. The molecule has 0 amide bonds. The zero-order valence-corrected chi connectivity index (χ0v) is 12.6. The molecule has 0 aliphatic rings. The minimum Gasteiger partial charge on any atom is -0.462 e. The Labute approximate surface area is 126 Å². The number of esters is 1. The first kappa shape index (κ1) is 15.3. The smallest absolute Gasteiger partial charge is 0.340 e. The number of ether oxygens (including phenoxy) is 1. The minimum atomic E-state index is -1.24. The van der Waals surface area contributed by atoms with Crippen LogP contribution in [-0.4, -0.2) is 16.8 Å². The van der Waals surface area contributed by atoms with Crippen molar-refractivity contribution in [3.05, 3.63) is 59.7 Å². The summed E-state index contributed by atoms with van der Waals surface area (Å²) in [7, 11) is -1.24. The molecule has 110 valence electrons. The van der Waals surface area contributed by atoms with E-state index in [0.717, 1.165) is 4.90 Å². The quantitative estimate of drug-likeness (QED) is 0.681. The Morgan fingerprint density at radius 2 is 1.86 bits per heavy atom. The van der Waals surface area contributed by atoms with E-state index in [1.807, 2.05) is 18.2 Å². The molecule has 2 aromatic rings. The maximum atomic E-state index is 12.4. The highest BCUT2D eigenvalue weighted by atomic mass is 32.2. The van der Waals surface area contributed by atoms with Gasteiger partial charge in [0.25, 0.3) is 0 Å². The van der Waals surface area contributed by atoms with Crippen LogP contribution in [0, 0.1) is 0 Å². The lowest BCUT2D eigenvalue weighted by atomic mass is 10.1. The van der Waals surface area contributed by atoms with E-state index in [9.17, 15) is 9.00 Å². The van der Waals surface area contributed by atoms with Crippen molar-refractivity contribution in [3.8, 4) is 0 Å². The Hall–Kier alpha value is -2.14. The second-order valence-corrected chi connectivity index (χ2v) is 5.86. The molecule has 2 N–H and O–H groups in total. The Morgan fingerprint density at radius 3 is 2.52 bits per heavy atom. The van der Waals surface area contributed by atoms with Crippen molar-refractivity contribution in [2.45, 2.75) is 17.6 Å². The molecule has 0 saturated heterocycles. The molecule has 0 aliphatic carbocycles. The molecule has 0 heterocycles. The van der Waals surface area contributed by atoms with Gasteiger partial charge in [0.15, 0.2) is 0 Å². The number of carbonyl (C=O) groups is 1. The Balaban J connectivity index is 2.30. The standard InChI is InChI=1S/C16H17NO3S/c1-2-20-16(18)15-12(7-6-10-14(15)17)11-21(19)13-8-4-3-5-9-13/h3-10H,2,11,17H2,1H3. The van der Waals surface area contributed by atoms with Crippen molar-refractivity contribution in [1.82, 2.24) is 0 Å². The van der Waals surface area contributed by atoms with Gasteiger partial charge in [0.1, 0.15) is 0 Å². The van der Waals surface area contributed by atoms with Crippen LogP contribution in [0.25, 0.3) is 0 Å². The summed E-state index contributed by atoms with van der Waals surface area (Å²) in [5.74, 6) is -0.251. The lowest BCUT2D eigenvalue weighted by Crippen LogP contribution is -2.12. The van der Waals surface area contributed by atoms with Gasteiger partial charge in [-0.1, -0.05) is 30.3 Å². The molecule has 21 heavy (non-hydrogen) atoms. The van der Waals surface area contributed by atoms with E-state index >= 15 is 0 Å². The summed E-state index contributed by atoms with van der Waals surface area (Å²) in [5.41, 5.74) is 7.15. The van der Waals surface area contributed by atoms with Crippen molar-refractivity contribution in [2.24, 2.45) is 0 Å². The van der Waals surface area contributed by atoms with Crippen LogP contribution in [0.2, 0.25) is 0 Å². The van der Waals surface area contributed by atoms with E-state index < -0.39 is 16.8 Å². The topological polar surface area (TPSA) is 69.4 Å². The highest BCUT2D eigenvalue weighted by Gasteiger charge is 2.18. The molecule has 0 saturated carbocycles. The summed E-state index contributed by atoms with van der Waals surface area (Å²) in [4.78, 5) is 12.7. The van der Waals surface area contributed by atoms with Gasteiger partial charge >= 0.3 is 5.97 Å².